The zero-order valence-corrected chi connectivity index (χ0v) is 13.3. The van der Waals surface area contributed by atoms with Gasteiger partial charge < -0.3 is 15.4 Å². The van der Waals surface area contributed by atoms with Gasteiger partial charge in [0.2, 0.25) is 5.91 Å². The fourth-order valence-corrected chi connectivity index (χ4v) is 2.92. The Morgan fingerprint density at radius 3 is 2.55 bits per heavy atom. The number of benzene rings is 1. The lowest BCUT2D eigenvalue weighted by Gasteiger charge is -2.31. The van der Waals surface area contributed by atoms with E-state index in [-0.39, 0.29) is 11.7 Å². The number of ketones is 1. The average molecular weight is 304 g/mol. The Labute approximate surface area is 131 Å². The maximum atomic E-state index is 12.3. The maximum Gasteiger partial charge on any atom is 0.219 e. The van der Waals surface area contributed by atoms with E-state index in [0.717, 1.165) is 32.4 Å². The molecule has 1 fully saturated rings. The van der Waals surface area contributed by atoms with Gasteiger partial charge in [-0.2, -0.15) is 0 Å². The second-order valence-electron chi connectivity index (χ2n) is 5.87. The van der Waals surface area contributed by atoms with Gasteiger partial charge >= 0.3 is 0 Å². The highest BCUT2D eigenvalue weighted by atomic mass is 16.5. The highest BCUT2D eigenvalue weighted by Gasteiger charge is 2.21. The van der Waals surface area contributed by atoms with Crippen LogP contribution in [-0.4, -0.2) is 36.8 Å². The summed E-state index contributed by atoms with van der Waals surface area (Å²) >= 11 is 0. The van der Waals surface area contributed by atoms with E-state index in [0.29, 0.717) is 29.3 Å². The highest BCUT2D eigenvalue weighted by molar-refractivity contribution is 5.97. The van der Waals surface area contributed by atoms with Gasteiger partial charge in [0.15, 0.2) is 5.78 Å². The van der Waals surface area contributed by atoms with Crippen LogP contribution < -0.4 is 10.5 Å². The zero-order chi connectivity index (χ0) is 16.1. The number of likely N-dealkylation sites (tertiary alicyclic amines) is 1. The van der Waals surface area contributed by atoms with Crippen LogP contribution in [0.1, 0.15) is 43.0 Å². The third-order valence-electron chi connectivity index (χ3n) is 4.39. The minimum Gasteiger partial charge on any atom is -0.495 e. The molecular weight excluding hydrogens is 280 g/mol. The van der Waals surface area contributed by atoms with Crippen LogP contribution >= 0.6 is 0 Å². The van der Waals surface area contributed by atoms with E-state index in [2.05, 4.69) is 0 Å². The summed E-state index contributed by atoms with van der Waals surface area (Å²) in [4.78, 5) is 25.4. The quantitative estimate of drug-likeness (QED) is 0.670. The number of ether oxygens (including phenoxy) is 1. The lowest BCUT2D eigenvalue weighted by molar-refractivity contribution is -0.130. The predicted octanol–water partition coefficient (Wildman–Crippen LogP) is 2.50. The number of hydrogen-bond donors (Lipinski definition) is 1. The average Bonchev–Trinajstić information content (AvgIpc) is 2.52. The summed E-state index contributed by atoms with van der Waals surface area (Å²) in [7, 11) is 1.56. The van der Waals surface area contributed by atoms with Crippen molar-refractivity contribution in [2.24, 2.45) is 5.92 Å². The minimum atomic E-state index is 0.114. The Bertz CT molecular complexity index is 549. The molecule has 0 aromatic heterocycles. The Morgan fingerprint density at radius 1 is 1.32 bits per heavy atom. The molecule has 120 valence electrons. The summed E-state index contributed by atoms with van der Waals surface area (Å²) in [6.45, 7) is 3.23. The summed E-state index contributed by atoms with van der Waals surface area (Å²) in [6.07, 6.45) is 3.36. The molecule has 2 rings (SSSR count). The standard InChI is InChI=1S/C17H24N2O3/c1-12(20)19-9-7-13(8-10-19)3-5-16(21)14-4-6-17(22-2)15(18)11-14/h4,6,11,13H,3,5,7-10,18H2,1-2H3. The van der Waals surface area contributed by atoms with Crippen molar-refractivity contribution in [3.63, 3.8) is 0 Å². The van der Waals surface area contributed by atoms with E-state index in [1.54, 1.807) is 32.2 Å². The lowest BCUT2D eigenvalue weighted by atomic mass is 9.90. The lowest BCUT2D eigenvalue weighted by Crippen LogP contribution is -2.37. The molecule has 1 aromatic rings. The molecule has 0 bridgehead atoms. The van der Waals surface area contributed by atoms with Gasteiger partial charge in [-0.1, -0.05) is 0 Å². The van der Waals surface area contributed by atoms with Crippen molar-refractivity contribution in [1.82, 2.24) is 4.90 Å². The molecule has 0 spiro atoms. The second-order valence-corrected chi connectivity index (χ2v) is 5.87. The van der Waals surface area contributed by atoms with Crippen molar-refractivity contribution < 1.29 is 14.3 Å². The first kappa shape index (κ1) is 16.3. The van der Waals surface area contributed by atoms with Gasteiger partial charge in [-0.15, -0.1) is 0 Å². The zero-order valence-electron chi connectivity index (χ0n) is 13.3. The van der Waals surface area contributed by atoms with Crippen LogP contribution in [0.5, 0.6) is 5.75 Å². The van der Waals surface area contributed by atoms with Gasteiger partial charge in [-0.05, 0) is 43.4 Å². The number of piperidine rings is 1. The van der Waals surface area contributed by atoms with Gasteiger partial charge in [0, 0.05) is 32.0 Å². The summed E-state index contributed by atoms with van der Waals surface area (Å²) < 4.78 is 5.10. The number of nitrogen functional groups attached to an aromatic ring is 1. The van der Waals surface area contributed by atoms with Crippen molar-refractivity contribution in [1.29, 1.82) is 0 Å². The fourth-order valence-electron chi connectivity index (χ4n) is 2.92. The maximum absolute atomic E-state index is 12.3. The second kappa shape index (κ2) is 7.29. The number of carbonyl (C=O) groups is 2. The molecule has 1 aromatic carbocycles. The number of amides is 1. The number of anilines is 1. The van der Waals surface area contributed by atoms with Crippen molar-refractivity contribution in [3.8, 4) is 5.75 Å². The van der Waals surface area contributed by atoms with Crippen LogP contribution in [0.2, 0.25) is 0 Å². The molecule has 22 heavy (non-hydrogen) atoms. The number of Topliss-reactive ketones (excluding diaryl/α,β-unsaturated/α-hetero) is 1. The van der Waals surface area contributed by atoms with Gasteiger partial charge in [-0.25, -0.2) is 0 Å². The van der Waals surface area contributed by atoms with E-state index >= 15 is 0 Å². The Kier molecular flexibility index (Phi) is 5.41. The molecule has 1 aliphatic rings. The van der Waals surface area contributed by atoms with Crippen LogP contribution in [-0.2, 0) is 4.79 Å². The van der Waals surface area contributed by atoms with Crippen LogP contribution in [0.4, 0.5) is 5.69 Å². The van der Waals surface area contributed by atoms with Crippen LogP contribution in [0.3, 0.4) is 0 Å². The highest BCUT2D eigenvalue weighted by Crippen LogP contribution is 2.25. The van der Waals surface area contributed by atoms with E-state index in [4.69, 9.17) is 10.5 Å². The van der Waals surface area contributed by atoms with Crippen LogP contribution in [0.15, 0.2) is 18.2 Å². The molecule has 5 heteroatoms. The molecule has 1 aliphatic heterocycles. The Morgan fingerprint density at radius 2 is 2.00 bits per heavy atom. The summed E-state index contributed by atoms with van der Waals surface area (Å²) in [5, 5.41) is 0. The number of nitrogens with two attached hydrogens (primary N) is 1. The molecule has 0 atom stereocenters. The Hall–Kier alpha value is -2.04. The molecule has 0 aliphatic carbocycles. The molecule has 1 amide bonds. The molecule has 1 heterocycles. The number of carbonyl (C=O) groups excluding carboxylic acids is 2. The van der Waals surface area contributed by atoms with E-state index in [1.807, 2.05) is 4.90 Å². The van der Waals surface area contributed by atoms with Crippen LogP contribution in [0.25, 0.3) is 0 Å². The van der Waals surface area contributed by atoms with E-state index in [1.165, 1.54) is 0 Å². The van der Waals surface area contributed by atoms with Crippen molar-refractivity contribution in [3.05, 3.63) is 23.8 Å². The first-order valence-electron chi connectivity index (χ1n) is 7.73. The minimum absolute atomic E-state index is 0.114. The number of hydrogen-bond acceptors (Lipinski definition) is 4. The van der Waals surface area contributed by atoms with Gasteiger partial charge in [0.1, 0.15) is 5.75 Å². The van der Waals surface area contributed by atoms with E-state index < -0.39 is 0 Å². The van der Waals surface area contributed by atoms with Crippen LogP contribution in [0, 0.1) is 5.92 Å². The van der Waals surface area contributed by atoms with E-state index in [9.17, 15) is 9.59 Å². The topological polar surface area (TPSA) is 72.6 Å². The molecule has 0 saturated carbocycles. The number of nitrogens with zero attached hydrogens (tertiary/aromatic N) is 1. The van der Waals surface area contributed by atoms with Gasteiger partial charge in [0.25, 0.3) is 0 Å². The first-order valence-corrected chi connectivity index (χ1v) is 7.73. The van der Waals surface area contributed by atoms with Crippen molar-refractivity contribution >= 4 is 17.4 Å². The molecule has 5 nitrogen and oxygen atoms in total. The molecular formula is C17H24N2O3. The largest absolute Gasteiger partial charge is 0.495 e. The SMILES string of the molecule is COc1ccc(C(=O)CCC2CCN(C(C)=O)CC2)cc1N. The molecule has 0 unspecified atom stereocenters. The molecule has 0 radical (unpaired) electrons. The monoisotopic (exact) mass is 304 g/mol. The molecule has 1 saturated heterocycles. The Balaban J connectivity index is 1.83. The van der Waals surface area contributed by atoms with Gasteiger partial charge in [0.05, 0.1) is 12.8 Å². The fraction of sp³-hybridized carbons (Fsp3) is 0.529. The number of rotatable bonds is 5. The summed E-state index contributed by atoms with van der Waals surface area (Å²) in [5.74, 6) is 1.37. The van der Waals surface area contributed by atoms with Crippen molar-refractivity contribution in [2.75, 3.05) is 25.9 Å². The van der Waals surface area contributed by atoms with Crippen molar-refractivity contribution in [2.45, 2.75) is 32.6 Å². The first-order chi connectivity index (χ1) is 10.5. The third-order valence-corrected chi connectivity index (χ3v) is 4.39. The third kappa shape index (κ3) is 4.00. The normalized spacial score (nSPS) is 15.6. The summed E-state index contributed by atoms with van der Waals surface area (Å²) in [6, 6.07) is 5.17. The van der Waals surface area contributed by atoms with Gasteiger partial charge in [-0.3, -0.25) is 9.59 Å². The summed E-state index contributed by atoms with van der Waals surface area (Å²) in [5.41, 5.74) is 6.96. The number of methoxy groups -OCH3 is 1. The smallest absolute Gasteiger partial charge is 0.219 e. The molecule has 2 N–H and O–H groups in total. The predicted molar refractivity (Wildman–Crippen MR) is 85.9 cm³/mol.